The van der Waals surface area contributed by atoms with Gasteiger partial charge in [0, 0.05) is 0 Å². The first-order valence-corrected chi connectivity index (χ1v) is 4.43. The summed E-state index contributed by atoms with van der Waals surface area (Å²) < 4.78 is 23.4. The van der Waals surface area contributed by atoms with Gasteiger partial charge in [0.15, 0.2) is 0 Å². The molecule has 0 heterocycles. The number of rotatable bonds is 3. The number of hydrazone groups is 1. The van der Waals surface area contributed by atoms with E-state index in [1.165, 1.54) is 5.57 Å². The highest BCUT2D eigenvalue weighted by Gasteiger charge is 2.05. The van der Waals surface area contributed by atoms with Crippen LogP contribution >= 0.6 is 0 Å². The predicted molar refractivity (Wildman–Crippen MR) is 49.0 cm³/mol. The van der Waals surface area contributed by atoms with Crippen molar-refractivity contribution in [2.75, 3.05) is 6.54 Å². The van der Waals surface area contributed by atoms with E-state index in [0.717, 1.165) is 25.0 Å². The van der Waals surface area contributed by atoms with E-state index < -0.39 is 6.43 Å². The lowest BCUT2D eigenvalue weighted by atomic mass is 10.00. The Bertz CT molecular complexity index is 222. The van der Waals surface area contributed by atoms with Gasteiger partial charge in [0.05, 0.1) is 12.3 Å². The second kappa shape index (κ2) is 4.94. The van der Waals surface area contributed by atoms with Gasteiger partial charge in [0.25, 0.3) is 6.43 Å². The van der Waals surface area contributed by atoms with Crippen LogP contribution in [0, 0.1) is 0 Å². The zero-order valence-corrected chi connectivity index (χ0v) is 7.69. The highest BCUT2D eigenvalue weighted by atomic mass is 19.3. The molecule has 2 nitrogen and oxygen atoms in total. The average Bonchev–Trinajstić information content (AvgIpc) is 2.03. The van der Waals surface area contributed by atoms with Gasteiger partial charge >= 0.3 is 0 Å². The van der Waals surface area contributed by atoms with E-state index in [4.69, 9.17) is 0 Å². The highest BCUT2D eigenvalue weighted by molar-refractivity contribution is 5.96. The topological polar surface area (TPSA) is 24.4 Å². The summed E-state index contributed by atoms with van der Waals surface area (Å²) in [5, 5.41) is 3.88. The molecule has 0 amide bonds. The number of alkyl halides is 2. The Morgan fingerprint density at radius 1 is 1.54 bits per heavy atom. The van der Waals surface area contributed by atoms with Crippen LogP contribution in [0.1, 0.15) is 26.2 Å². The predicted octanol–water partition coefficient (Wildman–Crippen LogP) is 2.33. The lowest BCUT2D eigenvalue weighted by Crippen LogP contribution is -2.18. The van der Waals surface area contributed by atoms with Gasteiger partial charge in [0.2, 0.25) is 0 Å². The average molecular weight is 188 g/mol. The molecule has 0 bridgehead atoms. The van der Waals surface area contributed by atoms with Gasteiger partial charge in [-0.1, -0.05) is 5.57 Å². The molecule has 0 aromatic carbocycles. The molecule has 0 aromatic heterocycles. The smallest absolute Gasteiger partial charge is 0.257 e. The molecule has 0 aliphatic heterocycles. The van der Waals surface area contributed by atoms with E-state index in [0.29, 0.717) is 0 Å². The van der Waals surface area contributed by atoms with Crippen LogP contribution in [0.25, 0.3) is 0 Å². The molecular weight excluding hydrogens is 174 g/mol. The summed E-state index contributed by atoms with van der Waals surface area (Å²) in [5.41, 5.74) is 4.51. The Balaban J connectivity index is 2.37. The minimum absolute atomic E-state index is 0.365. The first kappa shape index (κ1) is 10.2. The van der Waals surface area contributed by atoms with Crippen molar-refractivity contribution in [2.45, 2.75) is 32.6 Å². The van der Waals surface area contributed by atoms with Crippen molar-refractivity contribution in [1.29, 1.82) is 0 Å². The van der Waals surface area contributed by atoms with E-state index in [2.05, 4.69) is 10.5 Å². The molecule has 0 atom stereocenters. The third kappa shape index (κ3) is 4.01. The summed E-state index contributed by atoms with van der Waals surface area (Å²) in [6.45, 7) is 1.66. The molecule has 13 heavy (non-hydrogen) atoms. The maximum atomic E-state index is 11.7. The van der Waals surface area contributed by atoms with E-state index in [1.807, 2.05) is 13.0 Å². The fourth-order valence-corrected chi connectivity index (χ4v) is 1.28. The van der Waals surface area contributed by atoms with Crippen molar-refractivity contribution in [3.05, 3.63) is 11.6 Å². The lowest BCUT2D eigenvalue weighted by Gasteiger charge is -2.10. The highest BCUT2D eigenvalue weighted by Crippen LogP contribution is 2.14. The Hall–Kier alpha value is -0.930. The van der Waals surface area contributed by atoms with E-state index >= 15 is 0 Å². The lowest BCUT2D eigenvalue weighted by molar-refractivity contribution is 0.146. The fraction of sp³-hybridized carbons (Fsp3) is 0.667. The molecule has 0 radical (unpaired) electrons. The van der Waals surface area contributed by atoms with Crippen molar-refractivity contribution in [1.82, 2.24) is 5.43 Å². The minimum Gasteiger partial charge on any atom is -0.304 e. The van der Waals surface area contributed by atoms with E-state index in [9.17, 15) is 8.78 Å². The number of halogens is 2. The molecule has 1 N–H and O–H groups in total. The van der Waals surface area contributed by atoms with Gasteiger partial charge in [0.1, 0.15) is 0 Å². The second-order valence-corrected chi connectivity index (χ2v) is 3.20. The summed E-state index contributed by atoms with van der Waals surface area (Å²) >= 11 is 0. The number of allylic oxidation sites excluding steroid dienone is 2. The van der Waals surface area contributed by atoms with Crippen LogP contribution in [0.5, 0.6) is 0 Å². The van der Waals surface area contributed by atoms with Crippen LogP contribution in [0.3, 0.4) is 0 Å². The molecule has 1 rings (SSSR count). The molecule has 0 unspecified atom stereocenters. The van der Waals surface area contributed by atoms with Crippen molar-refractivity contribution >= 4 is 5.71 Å². The quantitative estimate of drug-likeness (QED) is 0.675. The first-order chi connectivity index (χ1) is 6.18. The molecule has 74 valence electrons. The molecular formula is C9H14F2N2. The maximum Gasteiger partial charge on any atom is 0.257 e. The third-order valence-electron chi connectivity index (χ3n) is 1.89. The molecule has 1 aliphatic rings. The molecule has 4 heteroatoms. The van der Waals surface area contributed by atoms with Gasteiger partial charge in [-0.3, -0.25) is 0 Å². The minimum atomic E-state index is -2.34. The van der Waals surface area contributed by atoms with Gasteiger partial charge in [-0.25, -0.2) is 8.78 Å². The van der Waals surface area contributed by atoms with Crippen molar-refractivity contribution in [3.63, 3.8) is 0 Å². The van der Waals surface area contributed by atoms with Crippen LogP contribution < -0.4 is 5.43 Å². The fourth-order valence-electron chi connectivity index (χ4n) is 1.28. The largest absolute Gasteiger partial charge is 0.304 e. The third-order valence-corrected chi connectivity index (χ3v) is 1.89. The summed E-state index contributed by atoms with van der Waals surface area (Å²) in [6, 6.07) is 0. The normalized spacial score (nSPS) is 20.6. The molecule has 0 fully saturated rings. The van der Waals surface area contributed by atoms with Crippen molar-refractivity contribution < 1.29 is 8.78 Å². The van der Waals surface area contributed by atoms with E-state index in [-0.39, 0.29) is 6.54 Å². The van der Waals surface area contributed by atoms with Crippen LogP contribution in [-0.4, -0.2) is 18.7 Å². The standard InChI is InChI=1S/C9H14F2N2/c1-7-3-2-4-8(5-7)13-12-6-9(10)11/h5,9,12H,2-4,6H2,1H3/b13-8+. The maximum absolute atomic E-state index is 11.7. The van der Waals surface area contributed by atoms with Crippen LogP contribution in [0.2, 0.25) is 0 Å². The van der Waals surface area contributed by atoms with Crippen molar-refractivity contribution in [3.8, 4) is 0 Å². The Morgan fingerprint density at radius 3 is 2.92 bits per heavy atom. The van der Waals surface area contributed by atoms with Crippen LogP contribution in [0.15, 0.2) is 16.8 Å². The summed E-state index contributed by atoms with van der Waals surface area (Å²) in [4.78, 5) is 0. The van der Waals surface area contributed by atoms with Gasteiger partial charge in [-0.2, -0.15) is 5.10 Å². The Labute approximate surface area is 76.7 Å². The number of nitrogens with zero attached hydrogens (tertiary/aromatic N) is 1. The zero-order chi connectivity index (χ0) is 9.68. The Morgan fingerprint density at radius 2 is 2.31 bits per heavy atom. The zero-order valence-electron chi connectivity index (χ0n) is 7.69. The summed E-state index contributed by atoms with van der Waals surface area (Å²) in [7, 11) is 0. The second-order valence-electron chi connectivity index (χ2n) is 3.20. The SMILES string of the molecule is CC1=C/C(=N/NCC(F)F)CCC1. The monoisotopic (exact) mass is 188 g/mol. The van der Waals surface area contributed by atoms with Crippen LogP contribution in [0.4, 0.5) is 8.78 Å². The molecule has 0 aromatic rings. The Kier molecular flexibility index (Phi) is 3.86. The van der Waals surface area contributed by atoms with Gasteiger partial charge in [-0.15, -0.1) is 0 Å². The number of nitrogens with one attached hydrogen (secondary N) is 1. The molecule has 0 saturated heterocycles. The first-order valence-electron chi connectivity index (χ1n) is 4.43. The van der Waals surface area contributed by atoms with Crippen molar-refractivity contribution in [2.24, 2.45) is 5.10 Å². The van der Waals surface area contributed by atoms with E-state index in [1.54, 1.807) is 0 Å². The summed E-state index contributed by atoms with van der Waals surface area (Å²) in [6.07, 6.45) is 2.67. The molecule has 0 saturated carbocycles. The number of hydrogen-bond donors (Lipinski definition) is 1. The molecule has 1 aliphatic carbocycles. The van der Waals surface area contributed by atoms with Gasteiger partial charge in [-0.05, 0) is 32.3 Å². The number of hydrogen-bond acceptors (Lipinski definition) is 2. The molecule has 0 spiro atoms. The summed E-state index contributed by atoms with van der Waals surface area (Å²) in [5.74, 6) is 0. The van der Waals surface area contributed by atoms with Crippen LogP contribution in [-0.2, 0) is 0 Å². The van der Waals surface area contributed by atoms with Gasteiger partial charge < -0.3 is 5.43 Å².